The minimum absolute atomic E-state index is 0.495. The highest BCUT2D eigenvalue weighted by Crippen LogP contribution is 2.12. The maximum absolute atomic E-state index is 4.37. The van der Waals surface area contributed by atoms with Crippen molar-refractivity contribution < 1.29 is 0 Å². The molecule has 0 bridgehead atoms. The van der Waals surface area contributed by atoms with Gasteiger partial charge in [-0.3, -0.25) is 4.98 Å². The van der Waals surface area contributed by atoms with Crippen LogP contribution < -0.4 is 5.32 Å². The summed E-state index contributed by atoms with van der Waals surface area (Å²) in [6, 6.07) is 13.7. The monoisotopic (exact) mass is 266 g/mol. The summed E-state index contributed by atoms with van der Waals surface area (Å²) in [5.41, 5.74) is 2.85. The summed E-state index contributed by atoms with van der Waals surface area (Å²) in [4.78, 5) is 5.84. The van der Waals surface area contributed by atoms with Gasteiger partial charge in [-0.2, -0.15) is 4.80 Å². The van der Waals surface area contributed by atoms with E-state index in [1.165, 1.54) is 0 Å². The number of nitrogens with zero attached hydrogens (tertiary/aromatic N) is 5. The molecule has 6 heteroatoms. The van der Waals surface area contributed by atoms with E-state index in [4.69, 9.17) is 0 Å². The summed E-state index contributed by atoms with van der Waals surface area (Å²) in [6.45, 7) is 0.495. The Morgan fingerprint density at radius 2 is 2.00 bits per heavy atom. The second-order valence-electron chi connectivity index (χ2n) is 4.30. The molecule has 0 amide bonds. The highest BCUT2D eigenvalue weighted by molar-refractivity contribution is 5.53. The summed E-state index contributed by atoms with van der Waals surface area (Å²) in [6.07, 6.45) is 1.76. The quantitative estimate of drug-likeness (QED) is 0.780. The highest BCUT2D eigenvalue weighted by atomic mass is 15.6. The van der Waals surface area contributed by atoms with Crippen LogP contribution in [-0.4, -0.2) is 32.2 Å². The zero-order valence-corrected chi connectivity index (χ0v) is 11.1. The average Bonchev–Trinajstić information content (AvgIpc) is 2.97. The van der Waals surface area contributed by atoms with E-state index in [1.54, 1.807) is 11.0 Å². The van der Waals surface area contributed by atoms with Crippen LogP contribution in [0.15, 0.2) is 48.7 Å². The van der Waals surface area contributed by atoms with Gasteiger partial charge in [-0.25, -0.2) is 0 Å². The Balaban J connectivity index is 1.80. The first-order valence-corrected chi connectivity index (χ1v) is 6.31. The van der Waals surface area contributed by atoms with Crippen LogP contribution in [0.3, 0.4) is 0 Å². The molecule has 20 heavy (non-hydrogen) atoms. The second-order valence-corrected chi connectivity index (χ2v) is 4.30. The molecule has 0 aliphatic rings. The number of anilines is 1. The van der Waals surface area contributed by atoms with Crippen molar-refractivity contribution in [1.82, 2.24) is 25.2 Å². The molecule has 2 heterocycles. The van der Waals surface area contributed by atoms with E-state index in [0.717, 1.165) is 16.9 Å². The molecule has 1 N–H and O–H groups in total. The summed E-state index contributed by atoms with van der Waals surface area (Å²) < 4.78 is 0. The Kier molecular flexibility index (Phi) is 3.36. The molecule has 0 saturated carbocycles. The van der Waals surface area contributed by atoms with Crippen LogP contribution in [0, 0.1) is 0 Å². The third kappa shape index (κ3) is 2.64. The van der Waals surface area contributed by atoms with Crippen LogP contribution in [0.1, 0.15) is 5.69 Å². The van der Waals surface area contributed by atoms with Crippen LogP contribution in [0.5, 0.6) is 0 Å². The Morgan fingerprint density at radius 3 is 2.80 bits per heavy atom. The summed E-state index contributed by atoms with van der Waals surface area (Å²) in [7, 11) is 1.88. The number of pyridine rings is 1. The molecule has 1 aromatic carbocycles. The first kappa shape index (κ1) is 12.3. The lowest BCUT2D eigenvalue weighted by molar-refractivity contribution is 0.564. The molecule has 0 spiro atoms. The Bertz CT molecular complexity index is 692. The predicted octanol–water partition coefficient (Wildman–Crippen LogP) is 1.83. The van der Waals surface area contributed by atoms with E-state index in [1.807, 2.05) is 49.5 Å². The molecule has 2 aromatic heterocycles. The van der Waals surface area contributed by atoms with Crippen molar-refractivity contribution in [3.05, 3.63) is 54.4 Å². The van der Waals surface area contributed by atoms with E-state index in [0.29, 0.717) is 12.4 Å². The van der Waals surface area contributed by atoms with Crippen molar-refractivity contribution in [2.24, 2.45) is 0 Å². The molecule has 0 aliphatic carbocycles. The van der Waals surface area contributed by atoms with Gasteiger partial charge in [0.25, 0.3) is 0 Å². The third-order valence-electron chi connectivity index (χ3n) is 2.89. The molecule has 3 aromatic rings. The molecule has 100 valence electrons. The zero-order chi connectivity index (χ0) is 13.8. The predicted molar refractivity (Wildman–Crippen MR) is 76.1 cm³/mol. The Morgan fingerprint density at radius 1 is 1.15 bits per heavy atom. The van der Waals surface area contributed by atoms with Crippen molar-refractivity contribution in [1.29, 1.82) is 0 Å². The Labute approximate surface area is 116 Å². The van der Waals surface area contributed by atoms with E-state index in [2.05, 4.69) is 25.7 Å². The average molecular weight is 266 g/mol. The SMILES string of the molecule is CNc1ccnc(Cn2nnc(-c3ccccc3)n2)c1. The molecule has 0 unspecified atom stereocenters. The van der Waals surface area contributed by atoms with Gasteiger partial charge in [0.15, 0.2) is 0 Å². The number of aromatic nitrogens is 5. The topological polar surface area (TPSA) is 68.5 Å². The van der Waals surface area contributed by atoms with Crippen LogP contribution >= 0.6 is 0 Å². The minimum atomic E-state index is 0.495. The number of hydrogen-bond acceptors (Lipinski definition) is 5. The summed E-state index contributed by atoms with van der Waals surface area (Å²) in [5, 5.41) is 15.6. The van der Waals surface area contributed by atoms with Gasteiger partial charge in [0, 0.05) is 24.5 Å². The maximum atomic E-state index is 4.37. The van der Waals surface area contributed by atoms with Crippen LogP contribution in [0.4, 0.5) is 5.69 Å². The van der Waals surface area contributed by atoms with Crippen LogP contribution in [-0.2, 0) is 6.54 Å². The fourth-order valence-electron chi connectivity index (χ4n) is 1.88. The molecule has 6 nitrogen and oxygen atoms in total. The van der Waals surface area contributed by atoms with Gasteiger partial charge >= 0.3 is 0 Å². The molecule has 3 rings (SSSR count). The van der Waals surface area contributed by atoms with Crippen molar-refractivity contribution in [3.8, 4) is 11.4 Å². The first-order valence-electron chi connectivity index (χ1n) is 6.31. The fraction of sp³-hybridized carbons (Fsp3) is 0.143. The standard InChI is InChI=1S/C14H14N6/c1-15-12-7-8-16-13(9-12)10-20-18-14(17-19-20)11-5-3-2-4-6-11/h2-9H,10H2,1H3,(H,15,16). The molecular weight excluding hydrogens is 252 g/mol. The lowest BCUT2D eigenvalue weighted by Gasteiger charge is -2.02. The van der Waals surface area contributed by atoms with E-state index >= 15 is 0 Å². The maximum Gasteiger partial charge on any atom is 0.204 e. The highest BCUT2D eigenvalue weighted by Gasteiger charge is 2.06. The Hall–Kier alpha value is -2.76. The summed E-state index contributed by atoms with van der Waals surface area (Å²) >= 11 is 0. The molecule has 0 fully saturated rings. The fourth-order valence-corrected chi connectivity index (χ4v) is 1.88. The van der Waals surface area contributed by atoms with Crippen LogP contribution in [0.25, 0.3) is 11.4 Å². The van der Waals surface area contributed by atoms with E-state index in [-0.39, 0.29) is 0 Å². The van der Waals surface area contributed by atoms with Crippen molar-refractivity contribution in [2.45, 2.75) is 6.54 Å². The number of benzene rings is 1. The second kappa shape index (κ2) is 5.48. The van der Waals surface area contributed by atoms with Gasteiger partial charge in [-0.05, 0) is 17.3 Å². The number of rotatable bonds is 4. The van der Waals surface area contributed by atoms with Crippen molar-refractivity contribution in [2.75, 3.05) is 12.4 Å². The van der Waals surface area contributed by atoms with Gasteiger partial charge in [0.2, 0.25) is 5.82 Å². The molecule has 0 aliphatic heterocycles. The van der Waals surface area contributed by atoms with Gasteiger partial charge in [-0.1, -0.05) is 30.3 Å². The zero-order valence-electron chi connectivity index (χ0n) is 11.1. The van der Waals surface area contributed by atoms with Crippen molar-refractivity contribution in [3.63, 3.8) is 0 Å². The number of hydrogen-bond donors (Lipinski definition) is 1. The largest absolute Gasteiger partial charge is 0.388 e. The lowest BCUT2D eigenvalue weighted by Crippen LogP contribution is -2.06. The normalized spacial score (nSPS) is 10.4. The van der Waals surface area contributed by atoms with Gasteiger partial charge < -0.3 is 5.32 Å². The number of tetrazole rings is 1. The number of nitrogens with one attached hydrogen (secondary N) is 1. The smallest absolute Gasteiger partial charge is 0.204 e. The van der Waals surface area contributed by atoms with Gasteiger partial charge in [-0.15, -0.1) is 10.2 Å². The molecule has 0 saturated heterocycles. The minimum Gasteiger partial charge on any atom is -0.388 e. The molecule has 0 atom stereocenters. The van der Waals surface area contributed by atoms with E-state index in [9.17, 15) is 0 Å². The summed E-state index contributed by atoms with van der Waals surface area (Å²) in [5.74, 6) is 0.621. The van der Waals surface area contributed by atoms with Gasteiger partial charge in [0.05, 0.1) is 5.69 Å². The van der Waals surface area contributed by atoms with E-state index < -0.39 is 0 Å². The lowest BCUT2D eigenvalue weighted by atomic mass is 10.2. The van der Waals surface area contributed by atoms with Crippen LogP contribution in [0.2, 0.25) is 0 Å². The van der Waals surface area contributed by atoms with Gasteiger partial charge in [0.1, 0.15) is 6.54 Å². The van der Waals surface area contributed by atoms with Crippen molar-refractivity contribution >= 4 is 5.69 Å². The third-order valence-corrected chi connectivity index (χ3v) is 2.89. The first-order chi connectivity index (χ1) is 9.85. The molecule has 0 radical (unpaired) electrons. The molecular formula is C14H14N6.